The third kappa shape index (κ3) is 11.2. The first-order valence-electron chi connectivity index (χ1n) is 18.3. The molecular weight excluding hydrogens is 838 g/mol. The van der Waals surface area contributed by atoms with Gasteiger partial charge in [0.25, 0.3) is 11.8 Å². The van der Waals surface area contributed by atoms with Crippen molar-refractivity contribution in [3.05, 3.63) is 95.1 Å². The first-order valence-corrected chi connectivity index (χ1v) is 18.3. The van der Waals surface area contributed by atoms with E-state index >= 15 is 0 Å². The number of halogens is 3. The number of aliphatic hydroxyl groups excluding tert-OH is 4. The van der Waals surface area contributed by atoms with Crippen molar-refractivity contribution in [1.82, 2.24) is 20.3 Å². The summed E-state index contributed by atoms with van der Waals surface area (Å²) in [6.45, 7) is 1.87. The number of benzene rings is 4. The minimum atomic E-state index is -5.07. The van der Waals surface area contributed by atoms with E-state index in [2.05, 4.69) is 20.3 Å². The van der Waals surface area contributed by atoms with Crippen LogP contribution in [-0.4, -0.2) is 80.2 Å². The molecular formula is C42H50B2F3KN4O10. The first-order chi connectivity index (χ1) is 28.1. The molecule has 0 amide bonds. The predicted octanol–water partition coefficient (Wildman–Crippen LogP) is 3.42. The van der Waals surface area contributed by atoms with Gasteiger partial charge in [0, 0.05) is 33.4 Å². The van der Waals surface area contributed by atoms with E-state index in [-0.39, 0.29) is 110 Å². The fourth-order valence-electron chi connectivity index (χ4n) is 6.19. The van der Waals surface area contributed by atoms with E-state index < -0.39 is 30.8 Å². The fourth-order valence-corrected chi connectivity index (χ4v) is 6.19. The maximum atomic E-state index is 12.7. The zero-order chi connectivity index (χ0) is 42.7. The molecule has 0 unspecified atom stereocenters. The summed E-state index contributed by atoms with van der Waals surface area (Å²) in [5.41, 5.74) is 3.52. The van der Waals surface area contributed by atoms with E-state index in [0.29, 0.717) is 56.3 Å². The van der Waals surface area contributed by atoms with Gasteiger partial charge in [0.15, 0.2) is 0 Å². The number of methoxy groups -OCH3 is 2. The number of rotatable bonds is 12. The van der Waals surface area contributed by atoms with Crippen molar-refractivity contribution in [2.24, 2.45) is 0 Å². The summed E-state index contributed by atoms with van der Waals surface area (Å²) in [5, 5.41) is 46.0. The average Bonchev–Trinajstić information content (AvgIpc) is 3.98. The van der Waals surface area contributed by atoms with Gasteiger partial charge < -0.3 is 61.2 Å². The van der Waals surface area contributed by atoms with E-state index in [1.54, 1.807) is 24.3 Å². The molecule has 3 heterocycles. The Bertz CT molecular complexity index is 2330. The normalized spacial score (nSPS) is 13.9. The molecule has 2 aromatic heterocycles. The Morgan fingerprint density at radius 1 is 0.597 bits per heavy atom. The second-order valence-electron chi connectivity index (χ2n) is 14.5. The third-order valence-electron chi connectivity index (χ3n) is 10.3. The molecule has 6 aromatic rings. The summed E-state index contributed by atoms with van der Waals surface area (Å²) in [6, 6.07) is 18.7. The number of hydrogen-bond donors (Lipinski definition) is 4. The summed E-state index contributed by atoms with van der Waals surface area (Å²) >= 11 is 0. The van der Waals surface area contributed by atoms with Gasteiger partial charge in [-0.1, -0.05) is 73.7 Å². The molecule has 1 aliphatic heterocycles. The number of ether oxygens (including phenoxy) is 2. The van der Waals surface area contributed by atoms with Gasteiger partial charge in [-0.25, -0.2) is 0 Å². The Balaban J connectivity index is 0.000000319. The Hall–Kier alpha value is -3.92. The van der Waals surface area contributed by atoms with Gasteiger partial charge in [-0.3, -0.25) is 0 Å². The maximum absolute atomic E-state index is 12.7. The second kappa shape index (κ2) is 21.6. The van der Waals surface area contributed by atoms with Crippen molar-refractivity contribution in [1.29, 1.82) is 0 Å². The molecule has 0 spiro atoms. The molecule has 1 aliphatic rings. The van der Waals surface area contributed by atoms with Crippen molar-refractivity contribution in [2.45, 2.75) is 80.2 Å². The standard InChI is InChI=1S/C23H27BN2O6.C17H15BF3N2O4.2CH4.K/c1-22(2)23(3,4)32-24(31-22)17-8-6-14(7-9-17)20-25-21(30-26-20)15-10-16(12-27)18(13-28)19(11-15)29-5;1-26-15-7-11(6-12(8-24)14(15)9-25)17-22-16(23-27-17)10-2-4-13(5-3-10)18(19,20)21;;;/h6-11,27-28H,12-13H2,1-5H3;2-7,24-25H,8-9H2,1H3;2*1H4;/q;-1;;;+1. The topological polar surface area (TPSA) is 196 Å². The summed E-state index contributed by atoms with van der Waals surface area (Å²) < 4.78 is 71.5. The van der Waals surface area contributed by atoms with Crippen molar-refractivity contribution >= 4 is 25.0 Å². The Morgan fingerprint density at radius 2 is 0.984 bits per heavy atom. The number of hydrogen-bond acceptors (Lipinski definition) is 14. The Kier molecular flexibility index (Phi) is 18.3. The summed E-state index contributed by atoms with van der Waals surface area (Å²) in [4.78, 5) is 8.69. The molecule has 0 atom stereocenters. The summed E-state index contributed by atoms with van der Waals surface area (Å²) in [6.07, 6.45) is 0. The Labute approximate surface area is 401 Å². The van der Waals surface area contributed by atoms with Crippen LogP contribution in [0.3, 0.4) is 0 Å². The van der Waals surface area contributed by atoms with E-state index in [4.69, 9.17) is 27.8 Å². The van der Waals surface area contributed by atoms with Gasteiger partial charge in [-0.2, -0.15) is 9.97 Å². The van der Waals surface area contributed by atoms with Crippen molar-refractivity contribution < 1.29 is 113 Å². The first kappa shape index (κ1) is 52.4. The van der Waals surface area contributed by atoms with Crippen LogP contribution in [0.1, 0.15) is 64.8 Å². The van der Waals surface area contributed by atoms with E-state index in [1.165, 1.54) is 26.4 Å². The Morgan fingerprint density at radius 3 is 1.32 bits per heavy atom. The molecule has 4 aromatic carbocycles. The van der Waals surface area contributed by atoms with Gasteiger partial charge in [0.05, 0.1) is 51.8 Å². The van der Waals surface area contributed by atoms with Crippen LogP contribution in [0.4, 0.5) is 12.9 Å². The molecule has 0 saturated carbocycles. The third-order valence-corrected chi connectivity index (χ3v) is 10.3. The van der Waals surface area contributed by atoms with Crippen LogP contribution in [0.5, 0.6) is 11.5 Å². The number of nitrogens with zero attached hydrogens (tertiary/aromatic N) is 4. The van der Waals surface area contributed by atoms with Gasteiger partial charge in [-0.15, -0.1) is 5.46 Å². The number of aliphatic hydroxyl groups is 4. The molecule has 0 bridgehead atoms. The largest absolute Gasteiger partial charge is 1.00 e. The average molecular weight is 889 g/mol. The van der Waals surface area contributed by atoms with Crippen molar-refractivity contribution in [3.63, 3.8) is 0 Å². The van der Waals surface area contributed by atoms with Crippen LogP contribution in [-0.2, 0) is 35.7 Å². The zero-order valence-electron chi connectivity index (χ0n) is 34.1. The van der Waals surface area contributed by atoms with Gasteiger partial charge in [0.1, 0.15) is 11.5 Å². The number of aromatic nitrogens is 4. The van der Waals surface area contributed by atoms with Crippen molar-refractivity contribution in [3.8, 4) is 57.2 Å². The predicted molar refractivity (Wildman–Crippen MR) is 225 cm³/mol. The smallest absolute Gasteiger partial charge is 0.496 e. The quantitative estimate of drug-likeness (QED) is 0.131. The van der Waals surface area contributed by atoms with Crippen LogP contribution >= 0.6 is 0 Å². The molecule has 62 heavy (non-hydrogen) atoms. The molecule has 20 heteroatoms. The molecule has 4 N–H and O–H groups in total. The second-order valence-corrected chi connectivity index (χ2v) is 14.5. The van der Waals surface area contributed by atoms with Crippen LogP contribution in [0.15, 0.2) is 81.8 Å². The SMILES string of the molecule is C.C.COc1cc(-c2nc(-c3ccc(B4OC(C)(C)C(C)(C)O4)cc3)no2)cc(CO)c1CO.COc1cc(-c2nc(-c3ccc([B-](F)(F)F)cc3)no2)cc(CO)c1CO.[K+]. The molecule has 0 radical (unpaired) electrons. The van der Waals surface area contributed by atoms with E-state index in [1.807, 2.05) is 52.0 Å². The van der Waals surface area contributed by atoms with Crippen LogP contribution in [0.25, 0.3) is 45.7 Å². The van der Waals surface area contributed by atoms with Crippen LogP contribution in [0, 0.1) is 0 Å². The monoisotopic (exact) mass is 888 g/mol. The van der Waals surface area contributed by atoms with E-state index in [0.717, 1.165) is 23.2 Å². The molecule has 326 valence electrons. The molecule has 1 saturated heterocycles. The summed E-state index contributed by atoms with van der Waals surface area (Å²) in [7, 11) is 2.48. The minimum Gasteiger partial charge on any atom is -0.496 e. The molecule has 14 nitrogen and oxygen atoms in total. The van der Waals surface area contributed by atoms with Gasteiger partial charge >= 0.3 is 65.5 Å². The van der Waals surface area contributed by atoms with Gasteiger partial charge in [0.2, 0.25) is 11.6 Å². The van der Waals surface area contributed by atoms with Gasteiger partial charge in [-0.05, 0) is 68.6 Å². The molecule has 0 aliphatic carbocycles. The molecule has 7 rings (SSSR count). The fraction of sp³-hybridized carbons (Fsp3) is 0.333. The zero-order valence-corrected chi connectivity index (χ0v) is 37.2. The maximum Gasteiger partial charge on any atom is 1.00 e. The molecule has 1 fully saturated rings. The summed E-state index contributed by atoms with van der Waals surface area (Å²) in [5.74, 6) is 1.73. The van der Waals surface area contributed by atoms with Crippen molar-refractivity contribution in [2.75, 3.05) is 14.2 Å². The van der Waals surface area contributed by atoms with E-state index in [9.17, 15) is 33.4 Å². The van der Waals surface area contributed by atoms with Crippen LogP contribution < -0.4 is 71.8 Å². The van der Waals surface area contributed by atoms with Crippen LogP contribution in [0.2, 0.25) is 0 Å². The minimum absolute atomic E-state index is 0.